The third-order valence-corrected chi connectivity index (χ3v) is 4.99. The van der Waals surface area contributed by atoms with Crippen molar-refractivity contribution in [3.05, 3.63) is 143 Å². The Morgan fingerprint density at radius 3 is 1.60 bits per heavy atom. The van der Waals surface area contributed by atoms with E-state index in [0.29, 0.717) is 12.8 Å². The van der Waals surface area contributed by atoms with Gasteiger partial charge in [0.1, 0.15) is 0 Å². The molecule has 0 N–H and O–H groups in total. The number of hydrogen-bond acceptors (Lipinski definition) is 2. The highest BCUT2D eigenvalue weighted by Crippen LogP contribution is 2.25. The molecule has 0 aliphatic heterocycles. The van der Waals surface area contributed by atoms with Gasteiger partial charge in [-0.3, -0.25) is 9.79 Å². The summed E-state index contributed by atoms with van der Waals surface area (Å²) in [4.78, 5) is 17.7. The number of nitrogens with zero attached hydrogens (tertiary/aromatic N) is 1. The standard InChI is InChI=1S/C28H23NO/c30-28-26(16-22-10-4-1-5-11-22)18-25(21-29-20-24-14-8-3-9-15-24)19-27(28)17-23-12-6-2-7-13-23/h1-15,18-21H,16-17H2. The second-order valence-electron chi connectivity index (χ2n) is 7.31. The van der Waals surface area contributed by atoms with Gasteiger partial charge in [0.25, 0.3) is 0 Å². The molecule has 0 atom stereocenters. The number of benzene rings is 3. The molecule has 0 spiro atoms. The van der Waals surface area contributed by atoms with Crippen molar-refractivity contribution in [3.8, 4) is 0 Å². The van der Waals surface area contributed by atoms with Crippen molar-refractivity contribution in [2.24, 2.45) is 4.99 Å². The lowest BCUT2D eigenvalue weighted by Gasteiger charge is -2.16. The van der Waals surface area contributed by atoms with Crippen LogP contribution in [-0.4, -0.2) is 12.0 Å². The van der Waals surface area contributed by atoms with Crippen molar-refractivity contribution >= 4 is 12.0 Å². The van der Waals surface area contributed by atoms with Gasteiger partial charge < -0.3 is 0 Å². The normalized spacial score (nSPS) is 13.9. The molecule has 2 nitrogen and oxygen atoms in total. The SMILES string of the molecule is O=C1C(Cc2ccccc2)=CC(=CN=Cc2ccccc2)C=C1Cc1ccccc1. The van der Waals surface area contributed by atoms with Crippen molar-refractivity contribution in [1.82, 2.24) is 0 Å². The number of ketones is 1. The Morgan fingerprint density at radius 1 is 0.633 bits per heavy atom. The van der Waals surface area contributed by atoms with Gasteiger partial charge in [0, 0.05) is 36.4 Å². The number of hydrogen-bond donors (Lipinski definition) is 0. The summed E-state index contributed by atoms with van der Waals surface area (Å²) >= 11 is 0. The maximum absolute atomic E-state index is 13.2. The number of carbonyl (C=O) groups excluding carboxylic acids is 1. The van der Waals surface area contributed by atoms with E-state index in [2.05, 4.69) is 29.3 Å². The van der Waals surface area contributed by atoms with Crippen LogP contribution in [0.4, 0.5) is 0 Å². The molecule has 0 unspecified atom stereocenters. The molecule has 0 amide bonds. The minimum atomic E-state index is 0.117. The Bertz CT molecular complexity index is 1060. The molecule has 1 aliphatic rings. The van der Waals surface area contributed by atoms with Crippen LogP contribution < -0.4 is 0 Å². The average Bonchev–Trinajstić information content (AvgIpc) is 2.79. The summed E-state index contributed by atoms with van der Waals surface area (Å²) in [7, 11) is 0. The van der Waals surface area contributed by atoms with Gasteiger partial charge in [0.05, 0.1) is 0 Å². The summed E-state index contributed by atoms with van der Waals surface area (Å²) in [6.45, 7) is 0. The van der Waals surface area contributed by atoms with Crippen molar-refractivity contribution in [3.63, 3.8) is 0 Å². The lowest BCUT2D eigenvalue weighted by molar-refractivity contribution is -0.112. The van der Waals surface area contributed by atoms with E-state index in [4.69, 9.17) is 0 Å². The minimum Gasteiger partial charge on any atom is -0.289 e. The first-order valence-corrected chi connectivity index (χ1v) is 10.1. The highest BCUT2D eigenvalue weighted by atomic mass is 16.1. The van der Waals surface area contributed by atoms with Gasteiger partial charge >= 0.3 is 0 Å². The summed E-state index contributed by atoms with van der Waals surface area (Å²) in [6, 6.07) is 30.2. The number of aliphatic imine (C=N–C) groups is 1. The molecular formula is C28H23NO. The van der Waals surface area contributed by atoms with Gasteiger partial charge in [-0.05, 0) is 34.4 Å². The van der Waals surface area contributed by atoms with Crippen LogP contribution >= 0.6 is 0 Å². The molecule has 0 saturated heterocycles. The Morgan fingerprint density at radius 2 is 1.10 bits per heavy atom. The lowest BCUT2D eigenvalue weighted by Crippen LogP contribution is -2.14. The Labute approximate surface area is 177 Å². The Hall–Kier alpha value is -3.78. The summed E-state index contributed by atoms with van der Waals surface area (Å²) < 4.78 is 0. The van der Waals surface area contributed by atoms with E-state index in [-0.39, 0.29) is 5.78 Å². The third kappa shape index (κ3) is 5.18. The molecule has 30 heavy (non-hydrogen) atoms. The summed E-state index contributed by atoms with van der Waals surface area (Å²) in [5.74, 6) is 0.117. The van der Waals surface area contributed by atoms with E-state index < -0.39 is 0 Å². The lowest BCUT2D eigenvalue weighted by atomic mass is 9.87. The zero-order chi connectivity index (χ0) is 20.6. The Kier molecular flexibility index (Phi) is 6.26. The van der Waals surface area contributed by atoms with Gasteiger partial charge in [-0.15, -0.1) is 0 Å². The molecule has 0 aromatic heterocycles. The van der Waals surface area contributed by atoms with Crippen molar-refractivity contribution in [2.45, 2.75) is 12.8 Å². The molecule has 1 aliphatic carbocycles. The molecule has 0 saturated carbocycles. The average molecular weight is 389 g/mol. The van der Waals surface area contributed by atoms with E-state index >= 15 is 0 Å². The van der Waals surface area contributed by atoms with Gasteiger partial charge in [-0.1, -0.05) is 91.0 Å². The molecule has 0 radical (unpaired) electrons. The highest BCUT2D eigenvalue weighted by molar-refractivity contribution is 6.10. The third-order valence-electron chi connectivity index (χ3n) is 4.99. The molecule has 4 rings (SSSR count). The largest absolute Gasteiger partial charge is 0.289 e. The van der Waals surface area contributed by atoms with Crippen LogP contribution in [0.2, 0.25) is 0 Å². The van der Waals surface area contributed by atoms with Crippen LogP contribution in [0.15, 0.2) is 131 Å². The zero-order valence-corrected chi connectivity index (χ0v) is 16.7. The summed E-state index contributed by atoms with van der Waals surface area (Å²) in [5, 5.41) is 0. The molecule has 0 bridgehead atoms. The summed E-state index contributed by atoms with van der Waals surface area (Å²) in [5.41, 5.74) is 5.85. The second-order valence-corrected chi connectivity index (χ2v) is 7.31. The maximum atomic E-state index is 13.2. The first-order chi connectivity index (χ1) is 14.8. The van der Waals surface area contributed by atoms with Gasteiger partial charge in [-0.25, -0.2) is 0 Å². The predicted octanol–water partition coefficient (Wildman–Crippen LogP) is 5.91. The molecule has 0 heterocycles. The second kappa shape index (κ2) is 9.62. The molecular weight excluding hydrogens is 366 g/mol. The Balaban J connectivity index is 1.63. The number of carbonyl (C=O) groups is 1. The maximum Gasteiger partial charge on any atom is 0.185 e. The first-order valence-electron chi connectivity index (χ1n) is 10.1. The van der Waals surface area contributed by atoms with Gasteiger partial charge in [-0.2, -0.15) is 0 Å². The topological polar surface area (TPSA) is 29.4 Å². The summed E-state index contributed by atoms with van der Waals surface area (Å²) in [6.07, 6.45) is 8.82. The smallest absolute Gasteiger partial charge is 0.185 e. The van der Waals surface area contributed by atoms with Crippen LogP contribution in [0.3, 0.4) is 0 Å². The van der Waals surface area contributed by atoms with Crippen molar-refractivity contribution in [2.75, 3.05) is 0 Å². The monoisotopic (exact) mass is 389 g/mol. The van der Waals surface area contributed by atoms with E-state index in [0.717, 1.165) is 33.4 Å². The first kappa shape index (κ1) is 19.5. The van der Waals surface area contributed by atoms with E-state index in [1.165, 1.54) is 0 Å². The fraction of sp³-hybridized carbons (Fsp3) is 0.0714. The molecule has 0 fully saturated rings. The molecule has 2 heteroatoms. The van der Waals surface area contributed by atoms with Crippen molar-refractivity contribution in [1.29, 1.82) is 0 Å². The van der Waals surface area contributed by atoms with Gasteiger partial charge in [0.2, 0.25) is 0 Å². The fourth-order valence-corrected chi connectivity index (χ4v) is 3.50. The number of rotatable bonds is 6. The van der Waals surface area contributed by atoms with Crippen LogP contribution in [0.5, 0.6) is 0 Å². The van der Waals surface area contributed by atoms with Crippen LogP contribution in [0, 0.1) is 0 Å². The zero-order valence-electron chi connectivity index (χ0n) is 16.7. The number of Topliss-reactive ketones (excluding diaryl/α,β-unsaturated/α-hetero) is 1. The van der Waals surface area contributed by atoms with E-state index in [1.807, 2.05) is 91.3 Å². The van der Waals surface area contributed by atoms with Crippen molar-refractivity contribution < 1.29 is 4.79 Å². The van der Waals surface area contributed by atoms with Crippen LogP contribution in [-0.2, 0) is 17.6 Å². The van der Waals surface area contributed by atoms with Crippen LogP contribution in [0.1, 0.15) is 16.7 Å². The highest BCUT2D eigenvalue weighted by Gasteiger charge is 2.20. The minimum absolute atomic E-state index is 0.117. The van der Waals surface area contributed by atoms with E-state index in [9.17, 15) is 4.79 Å². The molecule has 3 aromatic rings. The quantitative estimate of drug-likeness (QED) is 0.482. The predicted molar refractivity (Wildman–Crippen MR) is 124 cm³/mol. The molecule has 146 valence electrons. The van der Waals surface area contributed by atoms with Gasteiger partial charge in [0.15, 0.2) is 5.78 Å². The number of allylic oxidation sites excluding steroid dienone is 5. The van der Waals surface area contributed by atoms with E-state index in [1.54, 1.807) is 0 Å². The molecule has 3 aromatic carbocycles. The van der Waals surface area contributed by atoms with Crippen LogP contribution in [0.25, 0.3) is 0 Å². The fourth-order valence-electron chi connectivity index (χ4n) is 3.50.